The number of hydrogen-bond acceptors (Lipinski definition) is 3. The summed E-state index contributed by atoms with van der Waals surface area (Å²) in [6, 6.07) is 9.02. The lowest BCUT2D eigenvalue weighted by Gasteiger charge is -2.21. The number of hydrogen-bond donors (Lipinski definition) is 2. The minimum Gasteiger partial charge on any atom is -0.357 e. The Morgan fingerprint density at radius 3 is 2.53 bits per heavy atom. The van der Waals surface area contributed by atoms with Gasteiger partial charge in [0.15, 0.2) is 5.96 Å². The van der Waals surface area contributed by atoms with Crippen LogP contribution in [0.3, 0.4) is 0 Å². The molecule has 1 unspecified atom stereocenters. The van der Waals surface area contributed by atoms with Gasteiger partial charge in [0.25, 0.3) is 0 Å². The summed E-state index contributed by atoms with van der Waals surface area (Å²) >= 11 is 0. The summed E-state index contributed by atoms with van der Waals surface area (Å²) in [6.45, 7) is 12.7. The molecule has 1 saturated carbocycles. The zero-order valence-corrected chi connectivity index (χ0v) is 22.4. The molecule has 6 nitrogen and oxygen atoms in total. The molecule has 0 bridgehead atoms. The zero-order chi connectivity index (χ0) is 22.1. The van der Waals surface area contributed by atoms with Gasteiger partial charge in [0.05, 0.1) is 6.54 Å². The van der Waals surface area contributed by atoms with Gasteiger partial charge >= 0.3 is 0 Å². The van der Waals surface area contributed by atoms with Crippen LogP contribution >= 0.6 is 24.0 Å². The van der Waals surface area contributed by atoms with Gasteiger partial charge in [0.1, 0.15) is 0 Å². The smallest absolute Gasteiger partial charge is 0.225 e. The number of benzene rings is 1. The fraction of sp³-hybridized carbons (Fsp3) is 0.680. The zero-order valence-electron chi connectivity index (χ0n) is 20.1. The van der Waals surface area contributed by atoms with Crippen LogP contribution in [-0.4, -0.2) is 60.4 Å². The molecule has 1 atom stereocenters. The lowest BCUT2D eigenvalue weighted by atomic mass is 10.1. The molecular weight excluding hydrogens is 513 g/mol. The Morgan fingerprint density at radius 1 is 1.12 bits per heavy atom. The van der Waals surface area contributed by atoms with E-state index in [1.54, 1.807) is 0 Å². The van der Waals surface area contributed by atoms with Crippen LogP contribution in [0.25, 0.3) is 0 Å². The number of amides is 1. The highest BCUT2D eigenvalue weighted by Gasteiger charge is 2.32. The summed E-state index contributed by atoms with van der Waals surface area (Å²) in [5.74, 6) is 1.48. The molecule has 2 fully saturated rings. The number of rotatable bonds is 9. The minimum absolute atomic E-state index is 0. The predicted molar refractivity (Wildman–Crippen MR) is 143 cm³/mol. The van der Waals surface area contributed by atoms with Crippen LogP contribution in [0.15, 0.2) is 29.3 Å². The highest BCUT2D eigenvalue weighted by molar-refractivity contribution is 14.0. The van der Waals surface area contributed by atoms with Crippen molar-refractivity contribution in [2.24, 2.45) is 10.9 Å². The lowest BCUT2D eigenvalue weighted by Crippen LogP contribution is -2.45. The molecule has 1 saturated heterocycles. The summed E-state index contributed by atoms with van der Waals surface area (Å²) in [5.41, 5.74) is 2.57. The van der Waals surface area contributed by atoms with Crippen molar-refractivity contribution in [3.8, 4) is 0 Å². The van der Waals surface area contributed by atoms with Crippen molar-refractivity contribution in [2.75, 3.05) is 32.7 Å². The third-order valence-electron chi connectivity index (χ3n) is 6.60. The molecule has 3 rings (SSSR count). The van der Waals surface area contributed by atoms with Gasteiger partial charge in [0.2, 0.25) is 5.91 Å². The Bertz CT molecular complexity index is 731. The van der Waals surface area contributed by atoms with Crippen LogP contribution in [0.2, 0.25) is 0 Å². The summed E-state index contributed by atoms with van der Waals surface area (Å²) < 4.78 is 0. The van der Waals surface area contributed by atoms with Crippen LogP contribution in [0.1, 0.15) is 64.0 Å². The molecule has 2 N–H and O–H groups in total. The van der Waals surface area contributed by atoms with Gasteiger partial charge in [0, 0.05) is 38.1 Å². The first-order valence-electron chi connectivity index (χ1n) is 12.3. The van der Waals surface area contributed by atoms with Gasteiger partial charge in [-0.2, -0.15) is 0 Å². The van der Waals surface area contributed by atoms with E-state index in [1.165, 1.54) is 24.0 Å². The second kappa shape index (κ2) is 14.0. The first-order chi connectivity index (χ1) is 15.1. The molecule has 32 heavy (non-hydrogen) atoms. The topological polar surface area (TPSA) is 60.0 Å². The number of halogens is 1. The Morgan fingerprint density at radius 2 is 1.84 bits per heavy atom. The number of nitrogens with one attached hydrogen (secondary N) is 2. The van der Waals surface area contributed by atoms with E-state index in [4.69, 9.17) is 4.99 Å². The van der Waals surface area contributed by atoms with E-state index in [2.05, 4.69) is 65.5 Å². The number of nitrogens with zero attached hydrogens (tertiary/aromatic N) is 3. The van der Waals surface area contributed by atoms with Crippen molar-refractivity contribution in [1.29, 1.82) is 0 Å². The summed E-state index contributed by atoms with van der Waals surface area (Å²) in [5, 5.41) is 6.94. The second-order valence-corrected chi connectivity index (χ2v) is 8.87. The number of carbonyl (C=O) groups is 1. The third-order valence-corrected chi connectivity index (χ3v) is 6.60. The molecule has 180 valence electrons. The van der Waals surface area contributed by atoms with Gasteiger partial charge in [-0.05, 0) is 50.4 Å². The van der Waals surface area contributed by atoms with Crippen molar-refractivity contribution in [3.05, 3.63) is 35.4 Å². The van der Waals surface area contributed by atoms with Crippen LogP contribution in [0, 0.1) is 5.92 Å². The Kier molecular flexibility index (Phi) is 11.8. The van der Waals surface area contributed by atoms with Gasteiger partial charge in [-0.25, -0.2) is 4.99 Å². The largest absolute Gasteiger partial charge is 0.357 e. The highest BCUT2D eigenvalue weighted by atomic mass is 127. The van der Waals surface area contributed by atoms with E-state index < -0.39 is 0 Å². The maximum atomic E-state index is 12.7. The van der Waals surface area contributed by atoms with E-state index in [-0.39, 0.29) is 35.9 Å². The van der Waals surface area contributed by atoms with Crippen LogP contribution in [0.4, 0.5) is 0 Å². The van der Waals surface area contributed by atoms with E-state index in [9.17, 15) is 4.79 Å². The molecule has 1 aliphatic heterocycles. The molecule has 1 aliphatic carbocycles. The Hall–Kier alpha value is -1.35. The van der Waals surface area contributed by atoms with Gasteiger partial charge in [-0.3, -0.25) is 9.69 Å². The van der Waals surface area contributed by atoms with Crippen LogP contribution < -0.4 is 10.6 Å². The molecular formula is C25H42IN5O. The standard InChI is InChI=1S/C25H41N5O.HI/c1-4-26-25(27-17-20-10-9-11-21(16-20)18-29(5-2)6-3)28-23-14-15-30(19-23)24(31)22-12-7-8-13-22;/h9-11,16,22-23H,4-8,12-15,17-19H2,1-3H3,(H2,26,27,28);1H. The first-order valence-corrected chi connectivity index (χ1v) is 12.3. The summed E-state index contributed by atoms with van der Waals surface area (Å²) in [4.78, 5) is 22.0. The van der Waals surface area contributed by atoms with Crippen molar-refractivity contribution in [2.45, 2.75) is 72.0 Å². The third kappa shape index (κ3) is 7.90. The first kappa shape index (κ1) is 26.9. The molecule has 1 aromatic rings. The Labute approximate surface area is 211 Å². The lowest BCUT2D eigenvalue weighted by molar-refractivity contribution is -0.134. The normalized spacial score (nSPS) is 19.3. The molecule has 2 aliphatic rings. The molecule has 0 radical (unpaired) electrons. The van der Waals surface area contributed by atoms with Crippen molar-refractivity contribution in [3.63, 3.8) is 0 Å². The molecule has 1 amide bonds. The number of likely N-dealkylation sites (tertiary alicyclic amines) is 1. The van der Waals surface area contributed by atoms with E-state index in [1.807, 2.05) is 0 Å². The fourth-order valence-corrected chi connectivity index (χ4v) is 4.72. The van der Waals surface area contributed by atoms with E-state index in [0.29, 0.717) is 12.5 Å². The van der Waals surface area contributed by atoms with Gasteiger partial charge in [-0.15, -0.1) is 24.0 Å². The number of guanidine groups is 1. The van der Waals surface area contributed by atoms with Crippen molar-refractivity contribution >= 4 is 35.8 Å². The minimum atomic E-state index is 0. The molecule has 0 aromatic heterocycles. The van der Waals surface area contributed by atoms with Crippen molar-refractivity contribution in [1.82, 2.24) is 20.4 Å². The monoisotopic (exact) mass is 555 g/mol. The average molecular weight is 556 g/mol. The fourth-order valence-electron chi connectivity index (χ4n) is 4.72. The predicted octanol–water partition coefficient (Wildman–Crippen LogP) is 3.99. The van der Waals surface area contributed by atoms with E-state index in [0.717, 1.165) is 64.5 Å². The molecule has 7 heteroatoms. The van der Waals surface area contributed by atoms with Gasteiger partial charge in [-0.1, -0.05) is 51.0 Å². The van der Waals surface area contributed by atoms with Crippen molar-refractivity contribution < 1.29 is 4.79 Å². The summed E-state index contributed by atoms with van der Waals surface area (Å²) in [7, 11) is 0. The van der Waals surface area contributed by atoms with Crippen LogP contribution in [0.5, 0.6) is 0 Å². The number of carbonyl (C=O) groups excluding carboxylic acids is 1. The summed E-state index contributed by atoms with van der Waals surface area (Å²) in [6.07, 6.45) is 5.55. The van der Waals surface area contributed by atoms with Gasteiger partial charge < -0.3 is 15.5 Å². The maximum absolute atomic E-state index is 12.7. The highest BCUT2D eigenvalue weighted by Crippen LogP contribution is 2.27. The molecule has 1 aromatic carbocycles. The maximum Gasteiger partial charge on any atom is 0.225 e. The Balaban J connectivity index is 0.00000363. The molecule has 1 heterocycles. The second-order valence-electron chi connectivity index (χ2n) is 8.87. The number of aliphatic imine (C=N–C) groups is 1. The van der Waals surface area contributed by atoms with E-state index >= 15 is 0 Å². The average Bonchev–Trinajstić information content (AvgIpc) is 3.48. The van der Waals surface area contributed by atoms with Crippen LogP contribution in [-0.2, 0) is 17.9 Å². The quantitative estimate of drug-likeness (QED) is 0.275. The SMILES string of the molecule is CCNC(=NCc1cccc(CN(CC)CC)c1)NC1CCN(C(=O)C2CCCC2)C1.I. The molecule has 0 spiro atoms.